The Labute approximate surface area is 99.5 Å². The molecule has 2 heteroatoms. The van der Waals surface area contributed by atoms with Crippen molar-refractivity contribution in [1.29, 1.82) is 0 Å². The van der Waals surface area contributed by atoms with E-state index in [0.717, 1.165) is 25.8 Å². The molecular weight excluding hydrogens is 196 g/mol. The topological polar surface area (TPSA) is 29.3 Å². The summed E-state index contributed by atoms with van der Waals surface area (Å²) in [4.78, 5) is 2.19. The average Bonchev–Trinajstić information content (AvgIpc) is 2.29. The third kappa shape index (κ3) is 3.53. The summed E-state index contributed by atoms with van der Waals surface area (Å²) in [5, 5.41) is 0. The molecule has 0 aromatic heterocycles. The normalized spacial score (nSPS) is 10.5. The second kappa shape index (κ2) is 6.54. The Hall–Kier alpha value is -1.02. The molecule has 1 aromatic carbocycles. The highest BCUT2D eigenvalue weighted by atomic mass is 15.1. The molecule has 90 valence electrons. The minimum Gasteiger partial charge on any atom is -0.377 e. The lowest BCUT2D eigenvalue weighted by molar-refractivity contribution is 0.743. The zero-order chi connectivity index (χ0) is 12.0. The van der Waals surface area contributed by atoms with Gasteiger partial charge < -0.3 is 10.6 Å². The van der Waals surface area contributed by atoms with Crippen LogP contribution in [0.1, 0.15) is 30.9 Å². The third-order valence-electron chi connectivity index (χ3n) is 2.93. The summed E-state index contributed by atoms with van der Waals surface area (Å²) in [6.07, 6.45) is 4.55. The van der Waals surface area contributed by atoms with E-state index < -0.39 is 0 Å². The fraction of sp³-hybridized carbons (Fsp3) is 0.571. The number of rotatable bonds is 6. The van der Waals surface area contributed by atoms with Crippen molar-refractivity contribution in [2.75, 3.05) is 25.5 Å². The maximum Gasteiger partial charge on any atom is 0.0393 e. The van der Waals surface area contributed by atoms with Crippen LogP contribution in [0.4, 0.5) is 5.69 Å². The zero-order valence-electron chi connectivity index (χ0n) is 10.8. The van der Waals surface area contributed by atoms with Gasteiger partial charge in [-0.2, -0.15) is 0 Å². The van der Waals surface area contributed by atoms with Crippen LogP contribution in [0, 0.1) is 0 Å². The van der Waals surface area contributed by atoms with Gasteiger partial charge in [0.05, 0.1) is 0 Å². The highest BCUT2D eigenvalue weighted by Gasteiger charge is 2.05. The van der Waals surface area contributed by atoms with E-state index in [2.05, 4.69) is 44.1 Å². The van der Waals surface area contributed by atoms with Crippen LogP contribution < -0.4 is 10.6 Å². The number of hydrogen-bond donors (Lipinski definition) is 1. The number of nitrogens with two attached hydrogens (primary N) is 1. The smallest absolute Gasteiger partial charge is 0.0393 e. The monoisotopic (exact) mass is 220 g/mol. The number of hydrogen-bond acceptors (Lipinski definition) is 2. The Morgan fingerprint density at radius 2 is 1.94 bits per heavy atom. The molecule has 0 radical (unpaired) electrons. The Morgan fingerprint density at radius 3 is 2.50 bits per heavy atom. The average molecular weight is 220 g/mol. The summed E-state index contributed by atoms with van der Waals surface area (Å²) in [7, 11) is 4.21. The van der Waals surface area contributed by atoms with E-state index in [9.17, 15) is 0 Å². The maximum absolute atomic E-state index is 5.54. The van der Waals surface area contributed by atoms with E-state index in [1.54, 1.807) is 0 Å². The fourth-order valence-electron chi connectivity index (χ4n) is 1.96. The van der Waals surface area contributed by atoms with E-state index in [-0.39, 0.29) is 0 Å². The minimum absolute atomic E-state index is 0.796. The molecule has 0 unspecified atom stereocenters. The van der Waals surface area contributed by atoms with E-state index in [1.165, 1.54) is 23.2 Å². The van der Waals surface area contributed by atoms with Crippen molar-refractivity contribution >= 4 is 5.69 Å². The van der Waals surface area contributed by atoms with Crippen LogP contribution in [-0.4, -0.2) is 20.6 Å². The molecule has 0 aliphatic heterocycles. The molecule has 0 saturated carbocycles. The number of benzene rings is 1. The van der Waals surface area contributed by atoms with Crippen molar-refractivity contribution in [2.24, 2.45) is 5.73 Å². The van der Waals surface area contributed by atoms with Crippen molar-refractivity contribution in [1.82, 2.24) is 0 Å². The van der Waals surface area contributed by atoms with Crippen LogP contribution >= 0.6 is 0 Å². The SMILES string of the molecule is CCc1ccc(N(C)C)c(CCCCN)c1. The van der Waals surface area contributed by atoms with Gasteiger partial charge in [0, 0.05) is 19.8 Å². The second-order valence-electron chi connectivity index (χ2n) is 4.46. The summed E-state index contributed by atoms with van der Waals surface area (Å²) >= 11 is 0. The highest BCUT2D eigenvalue weighted by molar-refractivity contribution is 5.54. The van der Waals surface area contributed by atoms with E-state index >= 15 is 0 Å². The molecule has 2 N–H and O–H groups in total. The molecule has 0 amide bonds. The predicted molar refractivity (Wildman–Crippen MR) is 72.1 cm³/mol. The summed E-state index contributed by atoms with van der Waals surface area (Å²) in [5.74, 6) is 0. The first-order chi connectivity index (χ1) is 7.69. The standard InChI is InChI=1S/C14H24N2/c1-4-12-8-9-14(16(2)3)13(11-12)7-5-6-10-15/h8-9,11H,4-7,10,15H2,1-3H3. The van der Waals surface area contributed by atoms with E-state index in [4.69, 9.17) is 5.73 Å². The van der Waals surface area contributed by atoms with E-state index in [0.29, 0.717) is 0 Å². The lowest BCUT2D eigenvalue weighted by atomic mass is 10.0. The van der Waals surface area contributed by atoms with Crippen LogP contribution in [0.5, 0.6) is 0 Å². The van der Waals surface area contributed by atoms with Crippen LogP contribution in [-0.2, 0) is 12.8 Å². The third-order valence-corrected chi connectivity index (χ3v) is 2.93. The minimum atomic E-state index is 0.796. The molecule has 0 atom stereocenters. The molecule has 0 aliphatic rings. The second-order valence-corrected chi connectivity index (χ2v) is 4.46. The lowest BCUT2D eigenvalue weighted by Gasteiger charge is -2.18. The molecule has 0 bridgehead atoms. The van der Waals surface area contributed by atoms with Gasteiger partial charge in [-0.3, -0.25) is 0 Å². The van der Waals surface area contributed by atoms with Gasteiger partial charge in [-0.15, -0.1) is 0 Å². The molecule has 1 aromatic rings. The molecular formula is C14H24N2. The first-order valence-electron chi connectivity index (χ1n) is 6.18. The molecule has 2 nitrogen and oxygen atoms in total. The predicted octanol–water partition coefficient (Wildman–Crippen LogP) is 2.60. The molecule has 16 heavy (non-hydrogen) atoms. The molecule has 0 aliphatic carbocycles. The summed E-state index contributed by atoms with van der Waals surface area (Å²) in [6.45, 7) is 3.00. The highest BCUT2D eigenvalue weighted by Crippen LogP contribution is 2.22. The van der Waals surface area contributed by atoms with Crippen molar-refractivity contribution < 1.29 is 0 Å². The Bertz CT molecular complexity index is 319. The number of unbranched alkanes of at least 4 members (excludes halogenated alkanes) is 1. The Balaban J connectivity index is 2.83. The number of nitrogens with zero attached hydrogens (tertiary/aromatic N) is 1. The zero-order valence-corrected chi connectivity index (χ0v) is 10.8. The van der Waals surface area contributed by atoms with Crippen molar-refractivity contribution in [3.05, 3.63) is 29.3 Å². The van der Waals surface area contributed by atoms with Crippen LogP contribution in [0.15, 0.2) is 18.2 Å². The van der Waals surface area contributed by atoms with Gasteiger partial charge in [-0.05, 0) is 49.4 Å². The maximum atomic E-state index is 5.54. The molecule has 0 spiro atoms. The van der Waals surface area contributed by atoms with Crippen LogP contribution in [0.2, 0.25) is 0 Å². The number of anilines is 1. The van der Waals surface area contributed by atoms with Gasteiger partial charge in [0.25, 0.3) is 0 Å². The quantitative estimate of drug-likeness (QED) is 0.747. The van der Waals surface area contributed by atoms with Gasteiger partial charge in [-0.25, -0.2) is 0 Å². The van der Waals surface area contributed by atoms with E-state index in [1.807, 2.05) is 0 Å². The largest absolute Gasteiger partial charge is 0.377 e. The Morgan fingerprint density at radius 1 is 1.19 bits per heavy atom. The summed E-state index contributed by atoms with van der Waals surface area (Å²) < 4.78 is 0. The van der Waals surface area contributed by atoms with Crippen molar-refractivity contribution in [2.45, 2.75) is 32.6 Å². The molecule has 1 rings (SSSR count). The summed E-state index contributed by atoms with van der Waals surface area (Å²) in [6, 6.07) is 6.80. The van der Waals surface area contributed by atoms with Crippen LogP contribution in [0.3, 0.4) is 0 Å². The van der Waals surface area contributed by atoms with Gasteiger partial charge in [0.2, 0.25) is 0 Å². The molecule has 0 heterocycles. The van der Waals surface area contributed by atoms with Gasteiger partial charge in [0.15, 0.2) is 0 Å². The Kier molecular flexibility index (Phi) is 5.33. The first kappa shape index (κ1) is 13.0. The first-order valence-corrected chi connectivity index (χ1v) is 6.18. The van der Waals surface area contributed by atoms with Gasteiger partial charge >= 0.3 is 0 Å². The van der Waals surface area contributed by atoms with Gasteiger partial charge in [0.1, 0.15) is 0 Å². The van der Waals surface area contributed by atoms with Gasteiger partial charge in [-0.1, -0.05) is 19.1 Å². The van der Waals surface area contributed by atoms with Crippen molar-refractivity contribution in [3.8, 4) is 0 Å². The lowest BCUT2D eigenvalue weighted by Crippen LogP contribution is -2.12. The van der Waals surface area contributed by atoms with Crippen molar-refractivity contribution in [3.63, 3.8) is 0 Å². The fourth-order valence-corrected chi connectivity index (χ4v) is 1.96. The summed E-state index contributed by atoms with van der Waals surface area (Å²) in [5.41, 5.74) is 9.76. The number of aryl methyl sites for hydroxylation is 2. The molecule has 0 saturated heterocycles. The molecule has 0 fully saturated rings. The van der Waals surface area contributed by atoms with Crippen LogP contribution in [0.25, 0.3) is 0 Å².